The summed E-state index contributed by atoms with van der Waals surface area (Å²) < 4.78 is 0. The molecule has 0 aromatic heterocycles. The van der Waals surface area contributed by atoms with E-state index in [1.807, 2.05) is 0 Å². The largest absolute Gasteiger partial charge is 0.303 e. The van der Waals surface area contributed by atoms with Gasteiger partial charge in [-0.1, -0.05) is 97.3 Å². The van der Waals surface area contributed by atoms with Crippen LogP contribution >= 0.6 is 0 Å². The Bertz CT molecular complexity index is 188. The average molecular weight is 283 g/mol. The van der Waals surface area contributed by atoms with E-state index in [4.69, 9.17) is 0 Å². The summed E-state index contributed by atoms with van der Waals surface area (Å²) in [6.07, 6.45) is 21.0. The molecule has 0 rings (SSSR count). The molecule has 0 aliphatic heterocycles. The maximum atomic E-state index is 11.0. The topological polar surface area (TPSA) is 17.1 Å². The van der Waals surface area contributed by atoms with Crippen LogP contribution in [0.15, 0.2) is 0 Å². The molecule has 0 spiro atoms. The predicted molar refractivity (Wildman–Crippen MR) is 90.2 cm³/mol. The Labute approximate surface area is 127 Å². The highest BCUT2D eigenvalue weighted by atomic mass is 16.1. The molecular weight excluding hydrogens is 244 g/mol. The molecule has 1 unspecified atom stereocenters. The third-order valence-electron chi connectivity index (χ3n) is 4.30. The molecule has 1 atom stereocenters. The van der Waals surface area contributed by atoms with Gasteiger partial charge in [-0.3, -0.25) is 0 Å². The Morgan fingerprint density at radius 2 is 0.950 bits per heavy atom. The maximum Gasteiger partial charge on any atom is 0.123 e. The molecule has 0 aliphatic rings. The summed E-state index contributed by atoms with van der Waals surface area (Å²) in [5, 5.41) is 0. The van der Waals surface area contributed by atoms with Gasteiger partial charge in [0.2, 0.25) is 0 Å². The molecule has 0 saturated heterocycles. The van der Waals surface area contributed by atoms with E-state index in [0.29, 0.717) is 5.92 Å². The molecule has 0 radical (unpaired) electrons. The highest BCUT2D eigenvalue weighted by Gasteiger charge is 2.06. The van der Waals surface area contributed by atoms with E-state index in [-0.39, 0.29) is 0 Å². The molecular formula is C19H38O. The summed E-state index contributed by atoms with van der Waals surface area (Å²) in [6, 6.07) is 0. The lowest BCUT2D eigenvalue weighted by Gasteiger charge is -2.09. The van der Waals surface area contributed by atoms with E-state index in [1.54, 1.807) is 0 Å². The Hall–Kier alpha value is -0.330. The van der Waals surface area contributed by atoms with Gasteiger partial charge >= 0.3 is 0 Å². The summed E-state index contributed by atoms with van der Waals surface area (Å²) in [4.78, 5) is 11.0. The van der Waals surface area contributed by atoms with Crippen LogP contribution in [0.25, 0.3) is 0 Å². The van der Waals surface area contributed by atoms with Gasteiger partial charge in [0.1, 0.15) is 6.29 Å². The lowest BCUT2D eigenvalue weighted by Crippen LogP contribution is -2.02. The minimum Gasteiger partial charge on any atom is -0.303 e. The van der Waals surface area contributed by atoms with E-state index in [9.17, 15) is 4.79 Å². The van der Waals surface area contributed by atoms with Gasteiger partial charge < -0.3 is 4.79 Å². The second-order valence-electron chi connectivity index (χ2n) is 6.36. The summed E-state index contributed by atoms with van der Waals surface area (Å²) in [6.45, 7) is 4.49. The molecule has 0 saturated carbocycles. The van der Waals surface area contributed by atoms with Crippen LogP contribution in [-0.2, 0) is 4.79 Å². The minimum absolute atomic E-state index is 0.343. The standard InChI is InChI=1S/C19H38O/c1-3-5-7-8-9-10-11-12-13-15-17-19(18-20)16-14-6-4-2/h18-19H,3-17H2,1-2H3. The minimum atomic E-state index is 0.343. The SMILES string of the molecule is CCCCCCCCCCCCC(C=O)CCCCC. The molecule has 0 amide bonds. The fraction of sp³-hybridized carbons (Fsp3) is 0.947. The first kappa shape index (κ1) is 19.7. The Morgan fingerprint density at radius 1 is 0.600 bits per heavy atom. The van der Waals surface area contributed by atoms with Crippen LogP contribution in [0.2, 0.25) is 0 Å². The van der Waals surface area contributed by atoms with Crippen LogP contribution in [0.4, 0.5) is 0 Å². The van der Waals surface area contributed by atoms with Crippen LogP contribution in [0.3, 0.4) is 0 Å². The van der Waals surface area contributed by atoms with E-state index in [1.165, 1.54) is 89.8 Å². The number of aldehydes is 1. The van der Waals surface area contributed by atoms with Gasteiger partial charge in [-0.2, -0.15) is 0 Å². The zero-order chi connectivity index (χ0) is 14.9. The zero-order valence-corrected chi connectivity index (χ0v) is 14.2. The molecule has 0 heterocycles. The van der Waals surface area contributed by atoms with Crippen molar-refractivity contribution >= 4 is 6.29 Å². The fourth-order valence-electron chi connectivity index (χ4n) is 2.83. The van der Waals surface area contributed by atoms with E-state index < -0.39 is 0 Å². The molecule has 0 aromatic rings. The molecule has 0 aromatic carbocycles. The Kier molecular flexibility index (Phi) is 16.4. The predicted octanol–water partition coefficient (Wildman–Crippen LogP) is 6.69. The third-order valence-corrected chi connectivity index (χ3v) is 4.30. The molecule has 0 aliphatic carbocycles. The lowest BCUT2D eigenvalue weighted by molar-refractivity contribution is -0.111. The van der Waals surface area contributed by atoms with Crippen molar-refractivity contribution in [2.24, 2.45) is 5.92 Å². The first-order valence-corrected chi connectivity index (χ1v) is 9.30. The van der Waals surface area contributed by atoms with E-state index >= 15 is 0 Å². The zero-order valence-electron chi connectivity index (χ0n) is 14.2. The Balaban J connectivity index is 3.22. The molecule has 20 heavy (non-hydrogen) atoms. The van der Waals surface area contributed by atoms with Crippen LogP contribution < -0.4 is 0 Å². The van der Waals surface area contributed by atoms with Crippen molar-refractivity contribution in [2.45, 2.75) is 110 Å². The second kappa shape index (κ2) is 16.7. The smallest absolute Gasteiger partial charge is 0.123 e. The highest BCUT2D eigenvalue weighted by Crippen LogP contribution is 2.17. The van der Waals surface area contributed by atoms with Gasteiger partial charge in [0, 0.05) is 5.92 Å². The first-order valence-electron chi connectivity index (χ1n) is 9.30. The molecule has 0 N–H and O–H groups in total. The van der Waals surface area contributed by atoms with Gasteiger partial charge in [0.15, 0.2) is 0 Å². The maximum absolute atomic E-state index is 11.0. The number of hydrogen-bond acceptors (Lipinski definition) is 1. The van der Waals surface area contributed by atoms with Gasteiger partial charge in [-0.15, -0.1) is 0 Å². The second-order valence-corrected chi connectivity index (χ2v) is 6.36. The molecule has 120 valence electrons. The van der Waals surface area contributed by atoms with Gasteiger partial charge in [0.25, 0.3) is 0 Å². The lowest BCUT2D eigenvalue weighted by atomic mass is 9.96. The molecule has 1 nitrogen and oxygen atoms in total. The summed E-state index contributed by atoms with van der Waals surface area (Å²) >= 11 is 0. The van der Waals surface area contributed by atoms with Crippen LogP contribution in [-0.4, -0.2) is 6.29 Å². The fourth-order valence-corrected chi connectivity index (χ4v) is 2.83. The van der Waals surface area contributed by atoms with Crippen LogP contribution in [0.1, 0.15) is 110 Å². The number of unbranched alkanes of at least 4 members (excludes halogenated alkanes) is 11. The monoisotopic (exact) mass is 282 g/mol. The van der Waals surface area contributed by atoms with Gasteiger partial charge in [-0.25, -0.2) is 0 Å². The summed E-state index contributed by atoms with van der Waals surface area (Å²) in [5.74, 6) is 0.343. The van der Waals surface area contributed by atoms with Crippen molar-refractivity contribution in [3.8, 4) is 0 Å². The summed E-state index contributed by atoms with van der Waals surface area (Å²) in [5.41, 5.74) is 0. The van der Waals surface area contributed by atoms with E-state index in [2.05, 4.69) is 13.8 Å². The van der Waals surface area contributed by atoms with Crippen molar-refractivity contribution in [3.05, 3.63) is 0 Å². The number of carbonyl (C=O) groups excluding carboxylic acids is 1. The normalized spacial score (nSPS) is 12.5. The van der Waals surface area contributed by atoms with E-state index in [0.717, 1.165) is 12.8 Å². The average Bonchev–Trinajstić information content (AvgIpc) is 2.47. The van der Waals surface area contributed by atoms with Crippen molar-refractivity contribution in [3.63, 3.8) is 0 Å². The highest BCUT2D eigenvalue weighted by molar-refractivity contribution is 5.53. The first-order chi connectivity index (χ1) is 9.85. The number of rotatable bonds is 16. The number of carbonyl (C=O) groups is 1. The molecule has 0 bridgehead atoms. The van der Waals surface area contributed by atoms with Crippen LogP contribution in [0.5, 0.6) is 0 Å². The number of hydrogen-bond donors (Lipinski definition) is 0. The van der Waals surface area contributed by atoms with Crippen molar-refractivity contribution < 1.29 is 4.79 Å². The van der Waals surface area contributed by atoms with Gasteiger partial charge in [-0.05, 0) is 12.8 Å². The van der Waals surface area contributed by atoms with Crippen molar-refractivity contribution in [1.29, 1.82) is 0 Å². The third kappa shape index (κ3) is 14.1. The van der Waals surface area contributed by atoms with Gasteiger partial charge in [0.05, 0.1) is 0 Å². The molecule has 0 fully saturated rings. The quantitative estimate of drug-likeness (QED) is 0.227. The Morgan fingerprint density at radius 3 is 1.40 bits per heavy atom. The summed E-state index contributed by atoms with van der Waals surface area (Å²) in [7, 11) is 0. The molecule has 1 heteroatoms. The van der Waals surface area contributed by atoms with Crippen LogP contribution in [0, 0.1) is 5.92 Å². The van der Waals surface area contributed by atoms with Crippen molar-refractivity contribution in [2.75, 3.05) is 0 Å². The van der Waals surface area contributed by atoms with Crippen molar-refractivity contribution in [1.82, 2.24) is 0 Å².